The molecule has 2 rings (SSSR count). The van der Waals surface area contributed by atoms with Crippen molar-refractivity contribution in [3.05, 3.63) is 16.4 Å². The molecule has 5 heteroatoms. The number of aliphatic hydroxyl groups is 1. The highest BCUT2D eigenvalue weighted by molar-refractivity contribution is 9.10. The van der Waals surface area contributed by atoms with E-state index >= 15 is 0 Å². The Morgan fingerprint density at radius 2 is 2.06 bits per heavy atom. The molecule has 2 heterocycles. The van der Waals surface area contributed by atoms with Crippen LogP contribution in [0.25, 0.3) is 0 Å². The van der Waals surface area contributed by atoms with Crippen molar-refractivity contribution in [3.63, 3.8) is 0 Å². The van der Waals surface area contributed by atoms with E-state index in [9.17, 15) is 5.11 Å². The van der Waals surface area contributed by atoms with E-state index in [0.717, 1.165) is 10.2 Å². The molecular weight excluding hydrogens is 272 g/mol. The van der Waals surface area contributed by atoms with Gasteiger partial charge in [0.05, 0.1) is 28.6 Å². The second-order valence-electron chi connectivity index (χ2n) is 4.66. The van der Waals surface area contributed by atoms with Crippen molar-refractivity contribution in [3.8, 4) is 0 Å². The molecule has 1 aliphatic rings. The molecule has 90 valence electrons. The topological polar surface area (TPSA) is 47.3 Å². The second kappa shape index (κ2) is 4.13. The molecule has 1 aromatic rings. The summed E-state index contributed by atoms with van der Waals surface area (Å²) in [5.74, 6) is 0. The van der Waals surface area contributed by atoms with Gasteiger partial charge in [0.15, 0.2) is 0 Å². The highest BCUT2D eigenvalue weighted by Gasteiger charge is 2.41. The summed E-state index contributed by atoms with van der Waals surface area (Å²) in [4.78, 5) is 0. The van der Waals surface area contributed by atoms with Crippen LogP contribution < -0.4 is 0 Å². The van der Waals surface area contributed by atoms with E-state index in [4.69, 9.17) is 4.74 Å². The summed E-state index contributed by atoms with van der Waals surface area (Å²) in [5.41, 5.74) is -0.00394. The summed E-state index contributed by atoms with van der Waals surface area (Å²) in [6.45, 7) is 3.98. The number of hydrogen-bond donors (Lipinski definition) is 1. The van der Waals surface area contributed by atoms with Crippen LogP contribution in [0.2, 0.25) is 0 Å². The van der Waals surface area contributed by atoms with Gasteiger partial charge in [0.2, 0.25) is 0 Å². The van der Waals surface area contributed by atoms with Crippen molar-refractivity contribution in [2.24, 2.45) is 7.05 Å². The van der Waals surface area contributed by atoms with Crippen molar-refractivity contribution in [1.29, 1.82) is 0 Å². The largest absolute Gasteiger partial charge is 0.383 e. The van der Waals surface area contributed by atoms with Crippen LogP contribution in [0.5, 0.6) is 0 Å². The predicted octanol–water partition coefficient (Wildman–Crippen LogP) is 1.96. The van der Waals surface area contributed by atoms with E-state index in [0.29, 0.717) is 12.8 Å². The van der Waals surface area contributed by atoms with E-state index in [1.54, 1.807) is 10.9 Å². The highest BCUT2D eigenvalue weighted by Crippen LogP contribution is 2.39. The summed E-state index contributed by atoms with van der Waals surface area (Å²) in [5, 5.41) is 14.9. The summed E-state index contributed by atoms with van der Waals surface area (Å²) in [7, 11) is 1.85. The maximum absolute atomic E-state index is 10.8. The highest BCUT2D eigenvalue weighted by atomic mass is 79.9. The van der Waals surface area contributed by atoms with Crippen LogP contribution in [0.4, 0.5) is 0 Å². The van der Waals surface area contributed by atoms with Crippen LogP contribution in [0.15, 0.2) is 10.7 Å². The van der Waals surface area contributed by atoms with E-state index < -0.39 is 5.60 Å². The van der Waals surface area contributed by atoms with Crippen molar-refractivity contribution in [1.82, 2.24) is 9.78 Å². The quantitative estimate of drug-likeness (QED) is 0.859. The standard InChI is InChI=1S/C11H17BrN2O2/c1-7-4-11(15,5-8(2)16-7)10-9(12)6-13-14(10)3/h6-8,15H,4-5H2,1-3H3. The van der Waals surface area contributed by atoms with Crippen molar-refractivity contribution in [2.75, 3.05) is 0 Å². The lowest BCUT2D eigenvalue weighted by Gasteiger charge is -2.39. The van der Waals surface area contributed by atoms with Crippen molar-refractivity contribution in [2.45, 2.75) is 44.5 Å². The minimum Gasteiger partial charge on any atom is -0.383 e. The van der Waals surface area contributed by atoms with Crippen LogP contribution in [-0.4, -0.2) is 27.1 Å². The molecule has 16 heavy (non-hydrogen) atoms. The Hall–Kier alpha value is -0.390. The molecule has 1 N–H and O–H groups in total. The molecule has 0 radical (unpaired) electrons. The first kappa shape index (κ1) is 12.1. The molecule has 0 aliphatic carbocycles. The van der Waals surface area contributed by atoms with Crippen molar-refractivity contribution < 1.29 is 9.84 Å². The molecule has 1 saturated heterocycles. The number of hydrogen-bond acceptors (Lipinski definition) is 3. The van der Waals surface area contributed by atoms with Crippen LogP contribution in [0, 0.1) is 0 Å². The number of aryl methyl sites for hydroxylation is 1. The zero-order chi connectivity index (χ0) is 11.9. The van der Waals surface area contributed by atoms with Gasteiger partial charge in [0.25, 0.3) is 0 Å². The molecule has 1 aromatic heterocycles. The summed E-state index contributed by atoms with van der Waals surface area (Å²) in [6.07, 6.45) is 3.06. The Labute approximate surface area is 104 Å². The van der Waals surface area contributed by atoms with Gasteiger partial charge in [0.1, 0.15) is 5.60 Å². The number of ether oxygens (including phenoxy) is 1. The molecule has 0 aromatic carbocycles. The van der Waals surface area contributed by atoms with Gasteiger partial charge in [-0.15, -0.1) is 0 Å². The molecule has 0 spiro atoms. The summed E-state index contributed by atoms with van der Waals surface area (Å²) < 4.78 is 8.25. The predicted molar refractivity (Wildman–Crippen MR) is 64.0 cm³/mol. The van der Waals surface area contributed by atoms with Crippen molar-refractivity contribution >= 4 is 15.9 Å². The van der Waals surface area contributed by atoms with Gasteiger partial charge < -0.3 is 9.84 Å². The molecule has 1 fully saturated rings. The minimum atomic E-state index is -0.846. The Morgan fingerprint density at radius 3 is 2.50 bits per heavy atom. The Morgan fingerprint density at radius 1 is 1.50 bits per heavy atom. The van der Waals surface area contributed by atoms with E-state index in [1.165, 1.54) is 0 Å². The lowest BCUT2D eigenvalue weighted by Crippen LogP contribution is -2.42. The molecular formula is C11H17BrN2O2. The van der Waals surface area contributed by atoms with Gasteiger partial charge in [-0.05, 0) is 29.8 Å². The van der Waals surface area contributed by atoms with Gasteiger partial charge in [-0.1, -0.05) is 0 Å². The molecule has 4 nitrogen and oxygen atoms in total. The second-order valence-corrected chi connectivity index (χ2v) is 5.52. The van der Waals surface area contributed by atoms with Gasteiger partial charge >= 0.3 is 0 Å². The first-order chi connectivity index (χ1) is 7.42. The normalized spacial score (nSPS) is 35.3. The average Bonchev–Trinajstić information content (AvgIpc) is 2.43. The Bertz CT molecular complexity index is 362. The van der Waals surface area contributed by atoms with Gasteiger partial charge in [-0.25, -0.2) is 0 Å². The number of nitrogens with zero attached hydrogens (tertiary/aromatic N) is 2. The zero-order valence-corrected chi connectivity index (χ0v) is 11.4. The molecule has 0 bridgehead atoms. The maximum Gasteiger partial charge on any atom is 0.112 e. The first-order valence-corrected chi connectivity index (χ1v) is 6.27. The monoisotopic (exact) mass is 288 g/mol. The third-order valence-electron chi connectivity index (χ3n) is 3.05. The third kappa shape index (κ3) is 2.04. The fourth-order valence-electron chi connectivity index (χ4n) is 2.65. The van der Waals surface area contributed by atoms with Crippen LogP contribution >= 0.6 is 15.9 Å². The molecule has 0 amide bonds. The molecule has 2 atom stereocenters. The molecule has 1 aliphatic heterocycles. The van der Waals surface area contributed by atoms with Gasteiger partial charge in [-0.2, -0.15) is 5.10 Å². The van der Waals surface area contributed by atoms with Gasteiger partial charge in [0, 0.05) is 19.9 Å². The number of aromatic nitrogens is 2. The van der Waals surface area contributed by atoms with Gasteiger partial charge in [-0.3, -0.25) is 4.68 Å². The van der Waals surface area contributed by atoms with Crippen LogP contribution in [0.3, 0.4) is 0 Å². The zero-order valence-electron chi connectivity index (χ0n) is 9.77. The Balaban J connectivity index is 2.37. The molecule has 2 unspecified atom stereocenters. The SMILES string of the molecule is CC1CC(O)(c2c(Br)cnn2C)CC(C)O1. The lowest BCUT2D eigenvalue weighted by atomic mass is 9.85. The average molecular weight is 289 g/mol. The van der Waals surface area contributed by atoms with E-state index in [2.05, 4.69) is 21.0 Å². The minimum absolute atomic E-state index is 0.0653. The van der Waals surface area contributed by atoms with Crippen LogP contribution in [0.1, 0.15) is 32.4 Å². The maximum atomic E-state index is 10.8. The third-order valence-corrected chi connectivity index (χ3v) is 3.63. The fourth-order valence-corrected chi connectivity index (χ4v) is 3.37. The molecule has 0 saturated carbocycles. The lowest BCUT2D eigenvalue weighted by molar-refractivity contribution is -0.139. The summed E-state index contributed by atoms with van der Waals surface area (Å²) in [6, 6.07) is 0. The Kier molecular flexibility index (Phi) is 3.11. The van der Waals surface area contributed by atoms with Crippen LogP contribution in [-0.2, 0) is 17.4 Å². The smallest absolute Gasteiger partial charge is 0.112 e. The number of rotatable bonds is 1. The first-order valence-electron chi connectivity index (χ1n) is 5.48. The summed E-state index contributed by atoms with van der Waals surface area (Å²) >= 11 is 3.44. The number of halogens is 1. The fraction of sp³-hybridized carbons (Fsp3) is 0.727. The van der Waals surface area contributed by atoms with E-state index in [-0.39, 0.29) is 12.2 Å². The van der Waals surface area contributed by atoms with E-state index in [1.807, 2.05) is 20.9 Å².